The SMILES string of the molecule is Cc1cnc(C)c(-c2cccc(CN3CCN(CCCN(C)C)CC3)c2)n1. The van der Waals surface area contributed by atoms with Crippen molar-refractivity contribution in [3.05, 3.63) is 47.4 Å². The molecule has 3 rings (SSSR count). The van der Waals surface area contributed by atoms with Gasteiger partial charge in [-0.3, -0.25) is 9.88 Å². The van der Waals surface area contributed by atoms with Gasteiger partial charge in [0, 0.05) is 44.5 Å². The number of benzene rings is 1. The summed E-state index contributed by atoms with van der Waals surface area (Å²) in [5.41, 5.74) is 5.48. The van der Waals surface area contributed by atoms with Gasteiger partial charge in [-0.05, 0) is 59.1 Å². The van der Waals surface area contributed by atoms with E-state index in [1.54, 1.807) is 0 Å². The predicted octanol–water partition coefficient (Wildman–Crippen LogP) is 2.83. The van der Waals surface area contributed by atoms with Crippen molar-refractivity contribution in [2.24, 2.45) is 0 Å². The Hall–Kier alpha value is -1.82. The average molecular weight is 368 g/mol. The lowest BCUT2D eigenvalue weighted by Crippen LogP contribution is -2.46. The minimum atomic E-state index is 0.964. The van der Waals surface area contributed by atoms with Gasteiger partial charge < -0.3 is 9.80 Å². The molecule has 0 unspecified atom stereocenters. The molecule has 1 aromatic heterocycles. The van der Waals surface area contributed by atoms with Crippen LogP contribution in [0.25, 0.3) is 11.3 Å². The molecule has 0 amide bonds. The van der Waals surface area contributed by atoms with Gasteiger partial charge in [-0.1, -0.05) is 18.2 Å². The summed E-state index contributed by atoms with van der Waals surface area (Å²) in [7, 11) is 4.30. The van der Waals surface area contributed by atoms with E-state index in [0.717, 1.165) is 36.7 Å². The van der Waals surface area contributed by atoms with Crippen molar-refractivity contribution >= 4 is 0 Å². The lowest BCUT2D eigenvalue weighted by molar-refractivity contribution is 0.124. The Kier molecular flexibility index (Phi) is 6.94. The average Bonchev–Trinajstić information content (AvgIpc) is 2.65. The van der Waals surface area contributed by atoms with Crippen LogP contribution in [-0.2, 0) is 6.54 Å². The van der Waals surface area contributed by atoms with Gasteiger partial charge in [-0.2, -0.15) is 0 Å². The number of aromatic nitrogens is 2. The molecule has 5 heteroatoms. The molecule has 0 atom stereocenters. The molecular weight excluding hydrogens is 334 g/mol. The molecule has 0 spiro atoms. The van der Waals surface area contributed by atoms with E-state index in [9.17, 15) is 0 Å². The molecule has 1 aliphatic heterocycles. The summed E-state index contributed by atoms with van der Waals surface area (Å²) < 4.78 is 0. The number of rotatable bonds is 7. The first-order valence-corrected chi connectivity index (χ1v) is 10.0. The van der Waals surface area contributed by atoms with E-state index in [1.807, 2.05) is 20.0 Å². The third kappa shape index (κ3) is 5.83. The van der Waals surface area contributed by atoms with Crippen LogP contribution in [0.2, 0.25) is 0 Å². The van der Waals surface area contributed by atoms with Crippen LogP contribution in [0.1, 0.15) is 23.4 Å². The molecule has 27 heavy (non-hydrogen) atoms. The molecule has 1 fully saturated rings. The molecule has 2 heterocycles. The Labute approximate surface area is 164 Å². The first-order chi connectivity index (χ1) is 13.0. The monoisotopic (exact) mass is 367 g/mol. The van der Waals surface area contributed by atoms with Crippen LogP contribution in [0.3, 0.4) is 0 Å². The maximum Gasteiger partial charge on any atom is 0.0917 e. The van der Waals surface area contributed by atoms with Crippen LogP contribution in [0.15, 0.2) is 30.5 Å². The van der Waals surface area contributed by atoms with Crippen molar-refractivity contribution in [3.63, 3.8) is 0 Å². The third-order valence-electron chi connectivity index (χ3n) is 5.23. The first-order valence-electron chi connectivity index (χ1n) is 10.0. The van der Waals surface area contributed by atoms with Gasteiger partial charge >= 0.3 is 0 Å². The van der Waals surface area contributed by atoms with Crippen LogP contribution in [0.5, 0.6) is 0 Å². The quantitative estimate of drug-likeness (QED) is 0.752. The van der Waals surface area contributed by atoms with Gasteiger partial charge in [0.2, 0.25) is 0 Å². The molecule has 0 N–H and O–H groups in total. The van der Waals surface area contributed by atoms with Crippen molar-refractivity contribution in [1.82, 2.24) is 24.7 Å². The highest BCUT2D eigenvalue weighted by atomic mass is 15.3. The predicted molar refractivity (Wildman–Crippen MR) is 112 cm³/mol. The van der Waals surface area contributed by atoms with Gasteiger partial charge in [-0.15, -0.1) is 0 Å². The number of hydrogen-bond acceptors (Lipinski definition) is 5. The van der Waals surface area contributed by atoms with Crippen LogP contribution < -0.4 is 0 Å². The molecule has 0 saturated carbocycles. The molecule has 0 bridgehead atoms. The highest BCUT2D eigenvalue weighted by Gasteiger charge is 2.17. The summed E-state index contributed by atoms with van der Waals surface area (Å²) in [5.74, 6) is 0. The van der Waals surface area contributed by atoms with Crippen molar-refractivity contribution in [3.8, 4) is 11.3 Å². The zero-order valence-corrected chi connectivity index (χ0v) is 17.3. The smallest absolute Gasteiger partial charge is 0.0917 e. The number of hydrogen-bond donors (Lipinski definition) is 0. The second-order valence-electron chi connectivity index (χ2n) is 7.92. The summed E-state index contributed by atoms with van der Waals surface area (Å²) in [6.07, 6.45) is 3.09. The fourth-order valence-corrected chi connectivity index (χ4v) is 3.67. The van der Waals surface area contributed by atoms with E-state index in [-0.39, 0.29) is 0 Å². The van der Waals surface area contributed by atoms with Crippen LogP contribution in [0.4, 0.5) is 0 Å². The fourth-order valence-electron chi connectivity index (χ4n) is 3.67. The Bertz CT molecular complexity index is 735. The molecule has 0 radical (unpaired) electrons. The van der Waals surface area contributed by atoms with E-state index in [1.165, 1.54) is 43.7 Å². The molecule has 146 valence electrons. The molecule has 0 aliphatic carbocycles. The van der Waals surface area contributed by atoms with Crippen molar-refractivity contribution in [1.29, 1.82) is 0 Å². The zero-order chi connectivity index (χ0) is 19.2. The van der Waals surface area contributed by atoms with Crippen molar-refractivity contribution in [2.45, 2.75) is 26.8 Å². The lowest BCUT2D eigenvalue weighted by Gasteiger charge is -2.35. The highest BCUT2D eigenvalue weighted by Crippen LogP contribution is 2.22. The minimum absolute atomic E-state index is 0.964. The topological polar surface area (TPSA) is 35.5 Å². The Morgan fingerprint density at radius 3 is 2.52 bits per heavy atom. The van der Waals surface area contributed by atoms with Gasteiger partial charge in [0.05, 0.1) is 17.1 Å². The summed E-state index contributed by atoms with van der Waals surface area (Å²) in [6.45, 7) is 12.1. The Morgan fingerprint density at radius 2 is 1.78 bits per heavy atom. The summed E-state index contributed by atoms with van der Waals surface area (Å²) >= 11 is 0. The number of piperazine rings is 1. The third-order valence-corrected chi connectivity index (χ3v) is 5.23. The molecule has 1 aliphatic rings. The summed E-state index contributed by atoms with van der Waals surface area (Å²) in [4.78, 5) is 16.6. The van der Waals surface area contributed by atoms with E-state index < -0.39 is 0 Å². The van der Waals surface area contributed by atoms with Crippen molar-refractivity contribution in [2.75, 3.05) is 53.4 Å². The van der Waals surface area contributed by atoms with Gasteiger partial charge in [0.25, 0.3) is 0 Å². The van der Waals surface area contributed by atoms with Crippen LogP contribution >= 0.6 is 0 Å². The normalized spacial score (nSPS) is 16.2. The summed E-state index contributed by atoms with van der Waals surface area (Å²) in [6, 6.07) is 8.79. The van der Waals surface area contributed by atoms with Crippen LogP contribution in [0, 0.1) is 13.8 Å². The first kappa shape index (κ1) is 19.9. The van der Waals surface area contributed by atoms with E-state index in [2.05, 4.69) is 58.0 Å². The van der Waals surface area contributed by atoms with Crippen LogP contribution in [-0.4, -0.2) is 78.0 Å². The molecule has 1 aromatic carbocycles. The van der Waals surface area contributed by atoms with E-state index in [4.69, 9.17) is 4.98 Å². The second-order valence-corrected chi connectivity index (χ2v) is 7.92. The number of nitrogens with zero attached hydrogens (tertiary/aromatic N) is 5. The zero-order valence-electron chi connectivity index (χ0n) is 17.3. The molecule has 1 saturated heterocycles. The minimum Gasteiger partial charge on any atom is -0.309 e. The highest BCUT2D eigenvalue weighted by molar-refractivity contribution is 5.62. The molecule has 5 nitrogen and oxygen atoms in total. The second kappa shape index (κ2) is 9.40. The maximum absolute atomic E-state index is 4.70. The molecule has 2 aromatic rings. The maximum atomic E-state index is 4.70. The Morgan fingerprint density at radius 1 is 1.04 bits per heavy atom. The van der Waals surface area contributed by atoms with Gasteiger partial charge in [0.1, 0.15) is 0 Å². The van der Waals surface area contributed by atoms with E-state index >= 15 is 0 Å². The lowest BCUT2D eigenvalue weighted by atomic mass is 10.1. The van der Waals surface area contributed by atoms with Crippen molar-refractivity contribution < 1.29 is 0 Å². The van der Waals surface area contributed by atoms with E-state index in [0.29, 0.717) is 0 Å². The standard InChI is InChI=1S/C22H33N5/c1-18-16-23-19(2)22(24-18)21-8-5-7-20(15-21)17-27-13-11-26(12-14-27)10-6-9-25(3)4/h5,7-8,15-16H,6,9-14,17H2,1-4H3. The number of aryl methyl sites for hydroxylation is 2. The Balaban J connectivity index is 1.56. The largest absolute Gasteiger partial charge is 0.309 e. The fraction of sp³-hybridized carbons (Fsp3) is 0.545. The van der Waals surface area contributed by atoms with Gasteiger partial charge in [-0.25, -0.2) is 4.98 Å². The summed E-state index contributed by atoms with van der Waals surface area (Å²) in [5, 5.41) is 0. The molecular formula is C22H33N5. The van der Waals surface area contributed by atoms with Gasteiger partial charge in [0.15, 0.2) is 0 Å².